The van der Waals surface area contributed by atoms with Crippen LogP contribution in [0.4, 0.5) is 0 Å². The summed E-state index contributed by atoms with van der Waals surface area (Å²) in [5, 5.41) is 7.19. The first kappa shape index (κ1) is 14.8. The van der Waals surface area contributed by atoms with Gasteiger partial charge in [0.05, 0.1) is 12.8 Å². The Bertz CT molecular complexity index is 594. The van der Waals surface area contributed by atoms with Gasteiger partial charge in [-0.15, -0.1) is 6.42 Å². The molecule has 0 saturated heterocycles. The van der Waals surface area contributed by atoms with Gasteiger partial charge in [0.15, 0.2) is 0 Å². The standard InChI is InChI=1S/C15H18N2O2/c1-7-12(15(18)19-6)8-13(9(2)3)14-10(4)11(5)16-17-14/h1,8H,2-6H3,(H,16,17)/b12-8+. The van der Waals surface area contributed by atoms with Crippen LogP contribution in [0.1, 0.15) is 30.8 Å². The molecule has 0 saturated carbocycles. The van der Waals surface area contributed by atoms with Crippen LogP contribution >= 0.6 is 0 Å². The number of hydrogen-bond acceptors (Lipinski definition) is 3. The van der Waals surface area contributed by atoms with E-state index >= 15 is 0 Å². The number of aromatic amines is 1. The fourth-order valence-electron chi connectivity index (χ4n) is 1.61. The average Bonchev–Trinajstić information content (AvgIpc) is 2.70. The predicted molar refractivity (Wildman–Crippen MR) is 75.3 cm³/mol. The Morgan fingerprint density at radius 2 is 2.05 bits per heavy atom. The normalized spacial score (nSPS) is 10.8. The van der Waals surface area contributed by atoms with E-state index < -0.39 is 5.97 Å². The third kappa shape index (κ3) is 3.14. The predicted octanol–water partition coefficient (Wildman–Crippen LogP) is 2.55. The van der Waals surface area contributed by atoms with Gasteiger partial charge < -0.3 is 4.74 Å². The summed E-state index contributed by atoms with van der Waals surface area (Å²) < 4.78 is 4.65. The molecule has 19 heavy (non-hydrogen) atoms. The molecule has 1 N–H and O–H groups in total. The summed E-state index contributed by atoms with van der Waals surface area (Å²) in [6, 6.07) is 0. The zero-order valence-electron chi connectivity index (χ0n) is 11.9. The first-order chi connectivity index (χ1) is 8.92. The SMILES string of the molecule is C#C/C(=C\C(=C(C)C)c1n[nH]c(C)c1C)C(=O)OC. The molecule has 0 atom stereocenters. The van der Waals surface area contributed by atoms with Crippen LogP contribution in [0, 0.1) is 26.2 Å². The van der Waals surface area contributed by atoms with E-state index in [1.165, 1.54) is 7.11 Å². The van der Waals surface area contributed by atoms with Crippen LogP contribution in [0.3, 0.4) is 0 Å². The van der Waals surface area contributed by atoms with Crippen LogP contribution in [0.2, 0.25) is 0 Å². The van der Waals surface area contributed by atoms with Crippen molar-refractivity contribution in [3.63, 3.8) is 0 Å². The molecule has 0 unspecified atom stereocenters. The number of hydrogen-bond donors (Lipinski definition) is 1. The third-order valence-corrected chi connectivity index (χ3v) is 2.90. The molecule has 4 heteroatoms. The molecular formula is C15H18N2O2. The van der Waals surface area contributed by atoms with Gasteiger partial charge >= 0.3 is 5.97 Å². The molecule has 1 aromatic heterocycles. The molecule has 1 heterocycles. The molecular weight excluding hydrogens is 240 g/mol. The van der Waals surface area contributed by atoms with E-state index in [-0.39, 0.29) is 5.57 Å². The van der Waals surface area contributed by atoms with E-state index in [9.17, 15) is 4.79 Å². The van der Waals surface area contributed by atoms with E-state index in [0.717, 1.165) is 28.1 Å². The molecule has 100 valence electrons. The number of methoxy groups -OCH3 is 1. The van der Waals surface area contributed by atoms with Gasteiger partial charge in [-0.25, -0.2) is 4.79 Å². The fraction of sp³-hybridized carbons (Fsp3) is 0.333. The molecule has 0 aliphatic heterocycles. The van der Waals surface area contributed by atoms with Crippen molar-refractivity contribution in [2.45, 2.75) is 27.7 Å². The number of aryl methyl sites for hydroxylation is 1. The molecule has 0 bridgehead atoms. The van der Waals surface area contributed by atoms with Gasteiger partial charge in [-0.05, 0) is 39.3 Å². The number of terminal acetylenes is 1. The second-order valence-electron chi connectivity index (χ2n) is 4.43. The first-order valence-corrected chi connectivity index (χ1v) is 5.88. The molecule has 0 aliphatic carbocycles. The highest BCUT2D eigenvalue weighted by molar-refractivity contribution is 5.97. The molecule has 0 radical (unpaired) electrons. The van der Waals surface area contributed by atoms with Crippen LogP contribution in [0.5, 0.6) is 0 Å². The molecule has 0 aliphatic rings. The van der Waals surface area contributed by atoms with Crippen molar-refractivity contribution in [2.24, 2.45) is 0 Å². The van der Waals surface area contributed by atoms with Crippen molar-refractivity contribution < 1.29 is 9.53 Å². The van der Waals surface area contributed by atoms with E-state index in [4.69, 9.17) is 6.42 Å². The minimum atomic E-state index is -0.522. The van der Waals surface area contributed by atoms with E-state index in [1.54, 1.807) is 6.08 Å². The quantitative estimate of drug-likeness (QED) is 0.392. The Morgan fingerprint density at radius 3 is 2.42 bits per heavy atom. The lowest BCUT2D eigenvalue weighted by molar-refractivity contribution is -0.135. The number of carbonyl (C=O) groups excluding carboxylic acids is 1. The number of allylic oxidation sites excluding steroid dienone is 3. The third-order valence-electron chi connectivity index (χ3n) is 2.90. The number of nitrogens with one attached hydrogen (secondary N) is 1. The maximum Gasteiger partial charge on any atom is 0.346 e. The van der Waals surface area contributed by atoms with Crippen molar-refractivity contribution in [3.05, 3.63) is 34.2 Å². The van der Waals surface area contributed by atoms with Gasteiger partial charge in [0, 0.05) is 11.3 Å². The van der Waals surface area contributed by atoms with Crippen LogP contribution < -0.4 is 0 Å². The summed E-state index contributed by atoms with van der Waals surface area (Å²) in [6.45, 7) is 7.81. The van der Waals surface area contributed by atoms with Gasteiger partial charge in [0.25, 0.3) is 0 Å². The average molecular weight is 258 g/mol. The lowest BCUT2D eigenvalue weighted by Gasteiger charge is -2.05. The van der Waals surface area contributed by atoms with Gasteiger partial charge in [0.2, 0.25) is 0 Å². The lowest BCUT2D eigenvalue weighted by atomic mass is 10.0. The minimum absolute atomic E-state index is 0.179. The largest absolute Gasteiger partial charge is 0.465 e. The molecule has 0 spiro atoms. The summed E-state index contributed by atoms with van der Waals surface area (Å²) >= 11 is 0. The van der Waals surface area contributed by atoms with Gasteiger partial charge in [0.1, 0.15) is 5.57 Å². The lowest BCUT2D eigenvalue weighted by Crippen LogP contribution is -2.03. The monoisotopic (exact) mass is 258 g/mol. The Balaban J connectivity index is 3.38. The van der Waals surface area contributed by atoms with Gasteiger partial charge in [-0.3, -0.25) is 5.10 Å². The maximum absolute atomic E-state index is 11.5. The summed E-state index contributed by atoms with van der Waals surface area (Å²) in [6.07, 6.45) is 6.99. The Hall–Kier alpha value is -2.28. The van der Waals surface area contributed by atoms with Crippen molar-refractivity contribution in [1.29, 1.82) is 0 Å². The summed E-state index contributed by atoms with van der Waals surface area (Å²) in [7, 11) is 1.31. The molecule has 0 fully saturated rings. The molecule has 0 amide bonds. The maximum atomic E-state index is 11.5. The second kappa shape index (κ2) is 6.05. The van der Waals surface area contributed by atoms with Gasteiger partial charge in [-0.1, -0.05) is 11.5 Å². The number of H-pyrrole nitrogens is 1. The number of carbonyl (C=O) groups is 1. The fourth-order valence-corrected chi connectivity index (χ4v) is 1.61. The van der Waals surface area contributed by atoms with Crippen LogP contribution in [0.15, 0.2) is 17.2 Å². The van der Waals surface area contributed by atoms with Gasteiger partial charge in [-0.2, -0.15) is 5.10 Å². The number of aromatic nitrogens is 2. The Morgan fingerprint density at radius 1 is 1.42 bits per heavy atom. The molecule has 1 rings (SSSR count). The van der Waals surface area contributed by atoms with Crippen molar-refractivity contribution in [1.82, 2.24) is 10.2 Å². The molecule has 0 aromatic carbocycles. The smallest absolute Gasteiger partial charge is 0.346 e. The number of ether oxygens (including phenoxy) is 1. The first-order valence-electron chi connectivity index (χ1n) is 5.88. The highest BCUT2D eigenvalue weighted by Gasteiger charge is 2.14. The zero-order valence-corrected chi connectivity index (χ0v) is 11.9. The van der Waals surface area contributed by atoms with E-state index in [0.29, 0.717) is 0 Å². The van der Waals surface area contributed by atoms with Crippen molar-refractivity contribution >= 4 is 11.5 Å². The molecule has 1 aromatic rings. The number of rotatable bonds is 3. The van der Waals surface area contributed by atoms with Crippen LogP contribution in [-0.4, -0.2) is 23.3 Å². The molecule has 4 nitrogen and oxygen atoms in total. The summed E-state index contributed by atoms with van der Waals surface area (Å²) in [5.41, 5.74) is 4.86. The highest BCUT2D eigenvalue weighted by Crippen LogP contribution is 2.24. The van der Waals surface area contributed by atoms with Crippen LogP contribution in [-0.2, 0) is 9.53 Å². The van der Waals surface area contributed by atoms with E-state index in [1.807, 2.05) is 27.7 Å². The zero-order chi connectivity index (χ0) is 14.6. The topological polar surface area (TPSA) is 55.0 Å². The number of esters is 1. The second-order valence-corrected chi connectivity index (χ2v) is 4.43. The van der Waals surface area contributed by atoms with E-state index in [2.05, 4.69) is 20.9 Å². The summed E-state index contributed by atoms with van der Waals surface area (Å²) in [5.74, 6) is 1.83. The van der Waals surface area contributed by atoms with Crippen molar-refractivity contribution in [3.8, 4) is 12.3 Å². The Labute approximate surface area is 113 Å². The summed E-state index contributed by atoms with van der Waals surface area (Å²) in [4.78, 5) is 11.5. The number of nitrogens with zero attached hydrogens (tertiary/aromatic N) is 1. The Kier molecular flexibility index (Phi) is 4.71. The van der Waals surface area contributed by atoms with Crippen LogP contribution in [0.25, 0.3) is 5.57 Å². The van der Waals surface area contributed by atoms with Crippen molar-refractivity contribution in [2.75, 3.05) is 7.11 Å². The minimum Gasteiger partial charge on any atom is -0.465 e. The highest BCUT2D eigenvalue weighted by atomic mass is 16.5.